The Morgan fingerprint density at radius 3 is 2.54 bits per heavy atom. The van der Waals surface area contributed by atoms with Crippen LogP contribution >= 0.6 is 31.6 Å². The second kappa shape index (κ2) is 13.5. The molecule has 0 unspecified atom stereocenters. The average Bonchev–Trinajstić information content (AvgIpc) is 3.38. The van der Waals surface area contributed by atoms with Crippen LogP contribution in [-0.2, 0) is 18.6 Å². The summed E-state index contributed by atoms with van der Waals surface area (Å²) in [6, 6.07) is 6.00. The molecule has 15 heteroatoms. The number of aliphatic hydroxyl groups is 3. The molecule has 1 aliphatic rings. The Morgan fingerprint density at radius 1 is 1.28 bits per heavy atom. The second-order valence-corrected chi connectivity index (χ2v) is 12.0. The highest BCUT2D eigenvalue weighted by atomic mass is 35.5. The molecule has 0 saturated heterocycles. The highest BCUT2D eigenvalue weighted by Gasteiger charge is 2.40. The normalized spacial score (nSPS) is 19.4. The highest BCUT2D eigenvalue weighted by Crippen LogP contribution is 2.45. The molecule has 2 aromatic rings. The fourth-order valence-corrected chi connectivity index (χ4v) is 5.83. The number of esters is 1. The number of carbonyl (C=O) groups excluding carboxylic acids is 1. The van der Waals surface area contributed by atoms with Gasteiger partial charge in [0.25, 0.3) is 5.56 Å². The van der Waals surface area contributed by atoms with E-state index in [1.54, 1.807) is 0 Å². The van der Waals surface area contributed by atoms with Crippen molar-refractivity contribution in [2.45, 2.75) is 76.0 Å². The Morgan fingerprint density at radius 2 is 1.92 bits per heavy atom. The molecule has 0 spiro atoms. The van der Waals surface area contributed by atoms with Crippen molar-refractivity contribution in [2.24, 2.45) is 0 Å². The topological polar surface area (TPSA) is 172 Å². The molecule has 1 saturated carbocycles. The minimum Gasteiger partial charge on any atom is -0.461 e. The summed E-state index contributed by atoms with van der Waals surface area (Å²) in [6.07, 6.45) is 0.799. The van der Waals surface area contributed by atoms with Crippen LogP contribution in [0.25, 0.3) is 0 Å². The van der Waals surface area contributed by atoms with E-state index in [1.165, 1.54) is 44.3 Å². The first-order valence-electron chi connectivity index (χ1n) is 12.4. The van der Waals surface area contributed by atoms with Gasteiger partial charge in [-0.2, -0.15) is 5.09 Å². The molecule has 1 aromatic carbocycles. The molecule has 1 fully saturated rings. The van der Waals surface area contributed by atoms with E-state index in [-0.39, 0.29) is 23.0 Å². The molecule has 0 bridgehead atoms. The van der Waals surface area contributed by atoms with E-state index in [9.17, 15) is 29.5 Å². The van der Waals surface area contributed by atoms with Crippen molar-refractivity contribution in [3.8, 4) is 5.75 Å². The summed E-state index contributed by atoms with van der Waals surface area (Å²) in [4.78, 5) is 26.3. The molecule has 3 rings (SSSR count). The molecular formula is C24H33ClN3O9PS. The van der Waals surface area contributed by atoms with E-state index in [0.717, 1.165) is 36.3 Å². The monoisotopic (exact) mass is 605 g/mol. The summed E-state index contributed by atoms with van der Waals surface area (Å²) in [6.45, 7) is 2.21. The Bertz CT molecular complexity index is 1280. The standard InChI is InChI=1S/C24H33ClN3O9PS/c1-15(21(31)36-17-5-3-4-6-17)27-38(34,37-18-9-7-16(25)8-10-18)35-14-12-19(29)24(2,33)22(32)28-13-11-20(30)26-23(28)39/h7-11,13,15,17,19,22,29,32-33H,3-6,12,14H2,1-2H3,(H,27,34)(H,26,30,39)/t15-,19-,22+,24+,38-/m0/s1. The van der Waals surface area contributed by atoms with Crippen LogP contribution in [0.1, 0.15) is 52.2 Å². The lowest BCUT2D eigenvalue weighted by Crippen LogP contribution is -2.48. The van der Waals surface area contributed by atoms with Crippen LogP contribution in [0, 0.1) is 4.77 Å². The van der Waals surface area contributed by atoms with E-state index in [0.29, 0.717) is 5.02 Å². The number of aliphatic hydroxyl groups excluding tert-OH is 2. The largest absolute Gasteiger partial charge is 0.461 e. The van der Waals surface area contributed by atoms with Crippen LogP contribution in [0.15, 0.2) is 41.3 Å². The van der Waals surface area contributed by atoms with Gasteiger partial charge in [0.1, 0.15) is 23.5 Å². The SMILES string of the molecule is C[C@H](N[P@](=O)(OCC[C@H](O)[C@@](C)(O)[C@@H](O)n1ccc(=O)[nH]c1=S)Oc1ccc(Cl)cc1)C(=O)OC1CCCC1. The van der Waals surface area contributed by atoms with Crippen molar-refractivity contribution in [1.29, 1.82) is 0 Å². The fourth-order valence-electron chi connectivity index (χ4n) is 3.94. The van der Waals surface area contributed by atoms with Gasteiger partial charge in [-0.05, 0) is 76.0 Å². The zero-order valence-electron chi connectivity index (χ0n) is 21.5. The number of benzene rings is 1. The molecule has 0 aliphatic heterocycles. The lowest BCUT2D eigenvalue weighted by atomic mass is 9.94. The average molecular weight is 606 g/mol. The Hall–Kier alpha value is -2.09. The number of halogens is 1. The second-order valence-electron chi connectivity index (χ2n) is 9.49. The summed E-state index contributed by atoms with van der Waals surface area (Å²) >= 11 is 10.9. The van der Waals surface area contributed by atoms with E-state index in [1.807, 2.05) is 0 Å². The van der Waals surface area contributed by atoms with Crippen LogP contribution in [-0.4, -0.2) is 61.3 Å². The lowest BCUT2D eigenvalue weighted by Gasteiger charge is -2.34. The summed E-state index contributed by atoms with van der Waals surface area (Å²) in [5, 5.41) is 35.1. The number of H-pyrrole nitrogens is 1. The predicted molar refractivity (Wildman–Crippen MR) is 145 cm³/mol. The quantitative estimate of drug-likeness (QED) is 0.129. The highest BCUT2D eigenvalue weighted by molar-refractivity contribution is 7.71. The molecule has 12 nitrogen and oxygen atoms in total. The van der Waals surface area contributed by atoms with E-state index in [4.69, 9.17) is 37.6 Å². The Labute approximate surface area is 235 Å². The van der Waals surface area contributed by atoms with Gasteiger partial charge in [0.15, 0.2) is 11.0 Å². The maximum Gasteiger partial charge on any atom is 0.459 e. The summed E-state index contributed by atoms with van der Waals surface area (Å²) in [5.74, 6) is -0.476. The summed E-state index contributed by atoms with van der Waals surface area (Å²) < 4.78 is 31.0. The number of nitrogens with zero attached hydrogens (tertiary/aromatic N) is 1. The summed E-state index contributed by atoms with van der Waals surface area (Å²) in [7, 11) is -4.23. The molecule has 0 amide bonds. The molecule has 39 heavy (non-hydrogen) atoms. The molecular weight excluding hydrogens is 573 g/mol. The van der Waals surface area contributed by atoms with Crippen molar-refractivity contribution in [2.75, 3.05) is 6.61 Å². The Balaban J connectivity index is 1.68. The molecule has 216 valence electrons. The van der Waals surface area contributed by atoms with Crippen LogP contribution in [0.4, 0.5) is 0 Å². The maximum atomic E-state index is 13.6. The molecule has 1 aromatic heterocycles. The number of ether oxygens (including phenoxy) is 1. The molecule has 5 atom stereocenters. The number of hydrogen-bond acceptors (Lipinski definition) is 10. The van der Waals surface area contributed by atoms with Gasteiger partial charge in [-0.1, -0.05) is 11.6 Å². The van der Waals surface area contributed by atoms with Crippen molar-refractivity contribution in [1.82, 2.24) is 14.6 Å². The minimum absolute atomic E-state index is 0.141. The third-order valence-electron chi connectivity index (χ3n) is 6.29. The predicted octanol–water partition coefficient (Wildman–Crippen LogP) is 3.22. The van der Waals surface area contributed by atoms with Gasteiger partial charge in [0.2, 0.25) is 0 Å². The van der Waals surface area contributed by atoms with Crippen LogP contribution in [0.2, 0.25) is 5.02 Å². The van der Waals surface area contributed by atoms with Crippen molar-refractivity contribution in [3.63, 3.8) is 0 Å². The first-order valence-corrected chi connectivity index (χ1v) is 14.7. The van der Waals surface area contributed by atoms with Crippen LogP contribution in [0.3, 0.4) is 0 Å². The zero-order chi connectivity index (χ0) is 28.8. The van der Waals surface area contributed by atoms with E-state index in [2.05, 4.69) is 10.1 Å². The molecule has 1 aliphatic carbocycles. The molecule has 0 radical (unpaired) electrons. The van der Waals surface area contributed by atoms with Crippen molar-refractivity contribution in [3.05, 3.63) is 56.7 Å². The third kappa shape index (κ3) is 8.70. The van der Waals surface area contributed by atoms with E-state index >= 15 is 0 Å². The smallest absolute Gasteiger partial charge is 0.459 e. The lowest BCUT2D eigenvalue weighted by molar-refractivity contribution is -0.167. The van der Waals surface area contributed by atoms with Gasteiger partial charge < -0.3 is 24.6 Å². The first-order chi connectivity index (χ1) is 18.3. The number of aromatic amines is 1. The van der Waals surface area contributed by atoms with Gasteiger partial charge in [-0.25, -0.2) is 4.57 Å². The molecule has 1 heterocycles. The number of aromatic nitrogens is 2. The number of hydrogen-bond donors (Lipinski definition) is 5. The van der Waals surface area contributed by atoms with Crippen LogP contribution < -0.4 is 15.2 Å². The maximum absolute atomic E-state index is 13.6. The number of carbonyl (C=O) groups is 1. The third-order valence-corrected chi connectivity index (χ3v) is 8.54. The minimum atomic E-state index is -4.23. The van der Waals surface area contributed by atoms with Gasteiger partial charge in [0.05, 0.1) is 12.7 Å². The van der Waals surface area contributed by atoms with Gasteiger partial charge in [-0.15, -0.1) is 0 Å². The number of nitrogens with one attached hydrogen (secondary N) is 2. The fraction of sp³-hybridized carbons (Fsp3) is 0.542. The molecule has 5 N–H and O–H groups in total. The first kappa shape index (κ1) is 31.4. The zero-order valence-corrected chi connectivity index (χ0v) is 24.0. The van der Waals surface area contributed by atoms with Crippen molar-refractivity contribution >= 4 is 37.5 Å². The van der Waals surface area contributed by atoms with E-state index < -0.39 is 49.9 Å². The van der Waals surface area contributed by atoms with Gasteiger partial charge >= 0.3 is 13.7 Å². The van der Waals surface area contributed by atoms with Gasteiger partial charge in [-0.3, -0.25) is 23.7 Å². The Kier molecular flexibility index (Phi) is 10.9. The van der Waals surface area contributed by atoms with Crippen molar-refractivity contribution < 1.29 is 38.5 Å². The van der Waals surface area contributed by atoms with Gasteiger partial charge in [0, 0.05) is 23.7 Å². The number of rotatable bonds is 13. The van der Waals surface area contributed by atoms with Crippen LogP contribution in [0.5, 0.6) is 5.75 Å². The summed E-state index contributed by atoms with van der Waals surface area (Å²) in [5.41, 5.74) is -2.66.